The van der Waals surface area contributed by atoms with Gasteiger partial charge in [0.1, 0.15) is 11.5 Å². The molecule has 1 aliphatic heterocycles. The zero-order valence-electron chi connectivity index (χ0n) is 22.5. The van der Waals surface area contributed by atoms with Crippen LogP contribution < -0.4 is 15.0 Å². The molecule has 1 fully saturated rings. The number of nitrogens with zero attached hydrogens (tertiary/aromatic N) is 4. The van der Waals surface area contributed by atoms with E-state index >= 15 is 0 Å². The summed E-state index contributed by atoms with van der Waals surface area (Å²) in [4.78, 5) is 19.0. The lowest BCUT2D eigenvalue weighted by atomic mass is 9.89. The number of hydrogen-bond acceptors (Lipinski definition) is 6. The normalized spacial score (nSPS) is 14.4. The number of aldehydes is 1. The highest BCUT2D eigenvalue weighted by atomic mass is 16.5. The molecular weight excluding hydrogens is 474 g/mol. The number of ether oxygens (including phenoxy) is 1. The smallest absolute Gasteiger partial charge is 0.214 e. The molecule has 7 nitrogen and oxygen atoms in total. The van der Waals surface area contributed by atoms with Crippen molar-refractivity contribution < 1.29 is 9.53 Å². The van der Waals surface area contributed by atoms with Gasteiger partial charge in [0.25, 0.3) is 0 Å². The Hall–Kier alpha value is -4.13. The van der Waals surface area contributed by atoms with Crippen molar-refractivity contribution in [2.45, 2.75) is 45.1 Å². The topological polar surface area (TPSA) is 72.3 Å². The largest absolute Gasteiger partial charge is 0.481 e. The molecule has 1 saturated heterocycles. The summed E-state index contributed by atoms with van der Waals surface area (Å²) in [6.45, 7) is 8.26. The third kappa shape index (κ3) is 5.28. The van der Waals surface area contributed by atoms with Crippen LogP contribution in [0.4, 0.5) is 17.2 Å². The second-order valence-electron chi connectivity index (χ2n) is 10.7. The van der Waals surface area contributed by atoms with Gasteiger partial charge in [-0.05, 0) is 63.3 Å². The predicted octanol–water partition coefficient (Wildman–Crippen LogP) is 6.65. The highest BCUT2D eigenvalue weighted by Gasteiger charge is 2.26. The van der Waals surface area contributed by atoms with Gasteiger partial charge in [0, 0.05) is 42.3 Å². The Labute approximate surface area is 224 Å². The van der Waals surface area contributed by atoms with Crippen LogP contribution in [-0.2, 0) is 5.54 Å². The molecule has 38 heavy (non-hydrogen) atoms. The van der Waals surface area contributed by atoms with Crippen molar-refractivity contribution in [1.82, 2.24) is 14.8 Å². The summed E-state index contributed by atoms with van der Waals surface area (Å²) in [5, 5.41) is 8.29. The first-order valence-electron chi connectivity index (χ1n) is 13.1. The van der Waals surface area contributed by atoms with Gasteiger partial charge >= 0.3 is 0 Å². The molecule has 0 radical (unpaired) electrons. The van der Waals surface area contributed by atoms with E-state index in [1.54, 1.807) is 19.4 Å². The lowest BCUT2D eigenvalue weighted by Crippen LogP contribution is -2.32. The Balaban J connectivity index is 1.40. The van der Waals surface area contributed by atoms with E-state index < -0.39 is 0 Å². The van der Waals surface area contributed by atoms with Gasteiger partial charge in [-0.15, -0.1) is 0 Å². The maximum absolute atomic E-state index is 12.4. The molecule has 0 aliphatic carbocycles. The number of benzene rings is 2. The molecule has 3 heterocycles. The third-order valence-corrected chi connectivity index (χ3v) is 7.15. The highest BCUT2D eigenvalue weighted by Crippen LogP contribution is 2.35. The van der Waals surface area contributed by atoms with Crippen LogP contribution in [0, 0.1) is 0 Å². The molecular formula is C31H35N5O2. The van der Waals surface area contributed by atoms with Gasteiger partial charge in [0.2, 0.25) is 5.88 Å². The van der Waals surface area contributed by atoms with E-state index in [9.17, 15) is 4.79 Å². The fourth-order valence-electron chi connectivity index (χ4n) is 5.12. The van der Waals surface area contributed by atoms with Crippen LogP contribution in [0.5, 0.6) is 5.88 Å². The predicted molar refractivity (Wildman–Crippen MR) is 153 cm³/mol. The molecule has 0 bridgehead atoms. The minimum Gasteiger partial charge on any atom is -0.481 e. The molecule has 0 unspecified atom stereocenters. The molecule has 0 atom stereocenters. The molecule has 2 aromatic heterocycles. The van der Waals surface area contributed by atoms with Gasteiger partial charge in [0.15, 0.2) is 6.29 Å². The first-order chi connectivity index (χ1) is 18.4. The molecule has 4 aromatic rings. The van der Waals surface area contributed by atoms with Crippen LogP contribution in [0.25, 0.3) is 11.3 Å². The zero-order valence-corrected chi connectivity index (χ0v) is 22.5. The Morgan fingerprint density at radius 3 is 2.34 bits per heavy atom. The number of anilines is 3. The summed E-state index contributed by atoms with van der Waals surface area (Å²) in [6, 6.07) is 22.9. The van der Waals surface area contributed by atoms with Crippen LogP contribution in [-0.4, -0.2) is 41.2 Å². The molecule has 1 aliphatic rings. The highest BCUT2D eigenvalue weighted by molar-refractivity contribution is 5.93. The summed E-state index contributed by atoms with van der Waals surface area (Å²) >= 11 is 0. The summed E-state index contributed by atoms with van der Waals surface area (Å²) < 4.78 is 7.14. The van der Waals surface area contributed by atoms with Crippen molar-refractivity contribution in [3.8, 4) is 17.1 Å². The van der Waals surface area contributed by atoms with Crippen molar-refractivity contribution in [3.63, 3.8) is 0 Å². The molecule has 7 heteroatoms. The fraction of sp³-hybridized carbons (Fsp3) is 0.323. The van der Waals surface area contributed by atoms with Crippen molar-refractivity contribution in [1.29, 1.82) is 0 Å². The van der Waals surface area contributed by atoms with Gasteiger partial charge in [-0.25, -0.2) is 9.67 Å². The van der Waals surface area contributed by atoms with Crippen molar-refractivity contribution in [3.05, 3.63) is 84.1 Å². The van der Waals surface area contributed by atoms with Crippen LogP contribution in [0.2, 0.25) is 0 Å². The fourth-order valence-corrected chi connectivity index (χ4v) is 5.12. The van der Waals surface area contributed by atoms with Crippen molar-refractivity contribution >= 4 is 23.5 Å². The van der Waals surface area contributed by atoms with E-state index in [1.165, 1.54) is 11.3 Å². The summed E-state index contributed by atoms with van der Waals surface area (Å²) in [6.07, 6.45) is 4.84. The molecule has 196 valence electrons. The number of methoxy groups -OCH3 is 1. The number of rotatable bonds is 7. The van der Waals surface area contributed by atoms with Crippen LogP contribution in [0.3, 0.4) is 0 Å². The second kappa shape index (κ2) is 10.7. The van der Waals surface area contributed by atoms with Gasteiger partial charge in [-0.1, -0.05) is 42.5 Å². The molecule has 0 saturated carbocycles. The number of hydrogen-bond donors (Lipinski definition) is 1. The number of nitrogens with one attached hydrogen (secondary N) is 1. The van der Waals surface area contributed by atoms with E-state index in [-0.39, 0.29) is 5.54 Å². The quantitative estimate of drug-likeness (QED) is 0.281. The lowest BCUT2D eigenvalue weighted by molar-refractivity contribution is 0.112. The van der Waals surface area contributed by atoms with Crippen molar-refractivity contribution in [2.75, 3.05) is 30.4 Å². The molecule has 0 spiro atoms. The first-order valence-corrected chi connectivity index (χ1v) is 13.1. The monoisotopic (exact) mass is 509 g/mol. The molecule has 2 aromatic carbocycles. The SMILES string of the molecule is COc1cc(Nc2c(C=O)c(-c3ccc(N4CCC(c5ccccc5)CC4)cc3)nn2C(C)(C)C)ccn1. The second-order valence-corrected chi connectivity index (χ2v) is 10.7. The molecule has 5 rings (SSSR count). The van der Waals surface area contributed by atoms with Crippen molar-refractivity contribution in [2.24, 2.45) is 0 Å². The van der Waals surface area contributed by atoms with Crippen LogP contribution in [0.1, 0.15) is 55.5 Å². The summed E-state index contributed by atoms with van der Waals surface area (Å²) in [5.41, 5.74) is 5.15. The van der Waals surface area contributed by atoms with E-state index in [0.29, 0.717) is 28.9 Å². The maximum atomic E-state index is 12.4. The average Bonchev–Trinajstić information content (AvgIpc) is 3.32. The van der Waals surface area contributed by atoms with Crippen LogP contribution >= 0.6 is 0 Å². The Bertz CT molecular complexity index is 1380. The summed E-state index contributed by atoms with van der Waals surface area (Å²) in [5.74, 6) is 1.76. The Morgan fingerprint density at radius 1 is 1.00 bits per heavy atom. The molecule has 0 amide bonds. The number of aromatic nitrogens is 3. The summed E-state index contributed by atoms with van der Waals surface area (Å²) in [7, 11) is 1.58. The van der Waals surface area contributed by atoms with E-state index in [2.05, 4.69) is 90.6 Å². The number of carbonyl (C=O) groups is 1. The average molecular weight is 510 g/mol. The number of piperidine rings is 1. The number of pyridine rings is 1. The maximum Gasteiger partial charge on any atom is 0.214 e. The lowest BCUT2D eigenvalue weighted by Gasteiger charge is -2.34. The van der Waals surface area contributed by atoms with Crippen LogP contribution in [0.15, 0.2) is 72.9 Å². The van der Waals surface area contributed by atoms with E-state index in [0.717, 1.165) is 43.5 Å². The standard InChI is InChI=1S/C31H35N5O2/c1-31(2,3)36-30(33-25-14-17-32-28(20-25)38-4)27(21-37)29(34-36)24-10-12-26(13-11-24)35-18-15-23(16-19-35)22-8-6-5-7-9-22/h5-14,17,20-21,23H,15-16,18-19H2,1-4H3,(H,32,33). The van der Waals surface area contributed by atoms with E-state index in [1.807, 2.05) is 10.7 Å². The minimum atomic E-state index is -0.349. The van der Waals surface area contributed by atoms with E-state index in [4.69, 9.17) is 9.84 Å². The Kier molecular flexibility index (Phi) is 7.18. The first kappa shape index (κ1) is 25.5. The van der Waals surface area contributed by atoms with Gasteiger partial charge in [0.05, 0.1) is 18.2 Å². The van der Waals surface area contributed by atoms with Gasteiger partial charge in [-0.2, -0.15) is 5.10 Å². The Morgan fingerprint density at radius 2 is 1.71 bits per heavy atom. The third-order valence-electron chi connectivity index (χ3n) is 7.15. The molecule has 1 N–H and O–H groups in total. The van der Waals surface area contributed by atoms with Gasteiger partial charge < -0.3 is 15.0 Å². The number of carbonyl (C=O) groups excluding carboxylic acids is 1. The zero-order chi connectivity index (χ0) is 26.7. The van der Waals surface area contributed by atoms with Gasteiger partial charge in [-0.3, -0.25) is 4.79 Å². The minimum absolute atomic E-state index is 0.349.